The second kappa shape index (κ2) is 16.1. The van der Waals surface area contributed by atoms with Crippen molar-refractivity contribution in [2.75, 3.05) is 5.75 Å². The number of aliphatic hydroxyl groups is 1. The van der Waals surface area contributed by atoms with E-state index in [-0.39, 0.29) is 42.7 Å². The van der Waals surface area contributed by atoms with Crippen LogP contribution < -0.4 is 5.32 Å². The summed E-state index contributed by atoms with van der Waals surface area (Å²) in [6, 6.07) is 30.4. The van der Waals surface area contributed by atoms with Gasteiger partial charge in [0, 0.05) is 35.6 Å². The molecule has 10 heteroatoms. The van der Waals surface area contributed by atoms with Crippen LogP contribution in [0.3, 0.4) is 0 Å². The van der Waals surface area contributed by atoms with Gasteiger partial charge >= 0.3 is 11.9 Å². The molecule has 1 fully saturated rings. The molecule has 9 nitrogen and oxygen atoms in total. The Bertz CT molecular complexity index is 1740. The van der Waals surface area contributed by atoms with E-state index in [1.165, 1.54) is 25.6 Å². The average molecular weight is 670 g/mol. The normalized spacial score (nSPS) is 19.7. The SMILES string of the molecule is CC(=O)O[C@@H](C)C(=O)NCc1cccc(-c2cccc([C@@H]3O[C@H](CSc4ccccc4C(=O)O)[C@H](C)[C@H](c4ccc(CO)cc4)O3)c2)c1. The third kappa shape index (κ3) is 8.70. The minimum absolute atomic E-state index is 0.0525. The second-order valence-corrected chi connectivity index (χ2v) is 12.8. The molecule has 5 atom stereocenters. The summed E-state index contributed by atoms with van der Waals surface area (Å²) < 4.78 is 18.2. The van der Waals surface area contributed by atoms with Crippen LogP contribution in [0.15, 0.2) is 102 Å². The molecule has 1 heterocycles. The summed E-state index contributed by atoms with van der Waals surface area (Å²) in [7, 11) is 0. The number of ether oxygens (including phenoxy) is 3. The molecule has 0 saturated carbocycles. The highest BCUT2D eigenvalue weighted by Gasteiger charge is 2.38. The maximum absolute atomic E-state index is 12.4. The molecule has 0 aliphatic carbocycles. The molecule has 0 unspecified atom stereocenters. The smallest absolute Gasteiger partial charge is 0.336 e. The largest absolute Gasteiger partial charge is 0.478 e. The number of esters is 1. The van der Waals surface area contributed by atoms with Gasteiger partial charge in [0.2, 0.25) is 0 Å². The van der Waals surface area contributed by atoms with E-state index in [0.29, 0.717) is 10.6 Å². The third-order valence-electron chi connectivity index (χ3n) is 8.24. The van der Waals surface area contributed by atoms with Crippen molar-refractivity contribution in [3.63, 3.8) is 0 Å². The molecule has 1 amide bonds. The third-order valence-corrected chi connectivity index (χ3v) is 9.40. The fourth-order valence-electron chi connectivity index (χ4n) is 5.61. The lowest BCUT2D eigenvalue weighted by Crippen LogP contribution is -2.38. The number of carboxylic acid groups (broad SMARTS) is 1. The van der Waals surface area contributed by atoms with Gasteiger partial charge < -0.3 is 29.7 Å². The Balaban J connectivity index is 1.38. The summed E-state index contributed by atoms with van der Waals surface area (Å²) in [6.07, 6.45) is -2.18. The molecule has 0 spiro atoms. The first-order valence-corrected chi connectivity index (χ1v) is 16.7. The van der Waals surface area contributed by atoms with Crippen molar-refractivity contribution in [1.82, 2.24) is 5.32 Å². The highest BCUT2D eigenvalue weighted by Crippen LogP contribution is 2.43. The highest BCUT2D eigenvalue weighted by molar-refractivity contribution is 7.99. The van der Waals surface area contributed by atoms with E-state index in [2.05, 4.69) is 12.2 Å². The zero-order valence-corrected chi connectivity index (χ0v) is 27.8. The second-order valence-electron chi connectivity index (χ2n) is 11.7. The van der Waals surface area contributed by atoms with E-state index >= 15 is 0 Å². The number of amides is 1. The van der Waals surface area contributed by atoms with Crippen molar-refractivity contribution in [3.8, 4) is 11.1 Å². The molecular weight excluding hydrogens is 630 g/mol. The van der Waals surface area contributed by atoms with Crippen LogP contribution >= 0.6 is 11.8 Å². The van der Waals surface area contributed by atoms with Crippen molar-refractivity contribution in [2.45, 2.75) is 63.4 Å². The Kier molecular flexibility index (Phi) is 11.7. The molecule has 0 aromatic heterocycles. The lowest BCUT2D eigenvalue weighted by Gasteiger charge is -2.41. The average Bonchev–Trinajstić information content (AvgIpc) is 3.10. The molecule has 4 aromatic carbocycles. The maximum atomic E-state index is 12.4. The summed E-state index contributed by atoms with van der Waals surface area (Å²) in [4.78, 5) is 36.1. The van der Waals surface area contributed by atoms with Crippen LogP contribution in [-0.2, 0) is 37.0 Å². The molecule has 48 heavy (non-hydrogen) atoms. The Hall–Kier alpha value is -4.48. The Morgan fingerprint density at radius 1 is 0.875 bits per heavy atom. The Morgan fingerprint density at radius 3 is 2.29 bits per heavy atom. The predicted molar refractivity (Wildman–Crippen MR) is 182 cm³/mol. The van der Waals surface area contributed by atoms with E-state index in [1.54, 1.807) is 12.1 Å². The van der Waals surface area contributed by atoms with Gasteiger partial charge in [0.25, 0.3) is 5.91 Å². The van der Waals surface area contributed by atoms with Crippen molar-refractivity contribution in [1.29, 1.82) is 0 Å². The standard InChI is InChI=1S/C38H39NO8S/c1-23-33(22-48-34-13-5-4-12-32(34)37(43)44)46-38(47-35(23)28-16-14-26(21-40)15-17-28)31-11-7-10-30(19-31)29-9-6-8-27(18-29)20-39-36(42)24(2)45-25(3)41/h4-19,23-24,33,35,38,40H,20-22H2,1-3H3,(H,39,42)(H,43,44)/t23-,24-,33+,35+,38+/m0/s1. The molecule has 1 saturated heterocycles. The van der Waals surface area contributed by atoms with Gasteiger partial charge in [-0.15, -0.1) is 11.8 Å². The molecule has 3 N–H and O–H groups in total. The molecule has 0 bridgehead atoms. The van der Waals surface area contributed by atoms with Gasteiger partial charge in [-0.3, -0.25) is 9.59 Å². The predicted octanol–water partition coefficient (Wildman–Crippen LogP) is 6.70. The number of carboxylic acids is 1. The van der Waals surface area contributed by atoms with E-state index in [0.717, 1.165) is 33.4 Å². The zero-order chi connectivity index (χ0) is 34.2. The molecule has 0 radical (unpaired) electrons. The van der Waals surface area contributed by atoms with Gasteiger partial charge in [-0.2, -0.15) is 0 Å². The van der Waals surface area contributed by atoms with Crippen LogP contribution in [0.2, 0.25) is 0 Å². The lowest BCUT2D eigenvalue weighted by atomic mass is 9.91. The first-order valence-electron chi connectivity index (χ1n) is 15.7. The van der Waals surface area contributed by atoms with Crippen LogP contribution in [0.4, 0.5) is 0 Å². The van der Waals surface area contributed by atoms with Crippen LogP contribution in [0.1, 0.15) is 65.8 Å². The topological polar surface area (TPSA) is 131 Å². The summed E-state index contributed by atoms with van der Waals surface area (Å²) in [5.74, 6) is -1.42. The van der Waals surface area contributed by atoms with Crippen LogP contribution in [-0.4, -0.2) is 46.0 Å². The number of aliphatic hydroxyl groups excluding tert-OH is 1. The van der Waals surface area contributed by atoms with Crippen molar-refractivity contribution < 1.29 is 38.8 Å². The quantitative estimate of drug-likeness (QED) is 0.111. The van der Waals surface area contributed by atoms with Gasteiger partial charge in [0.1, 0.15) is 0 Å². The summed E-state index contributed by atoms with van der Waals surface area (Å²) in [6.45, 7) is 5.08. The molecule has 1 aliphatic rings. The van der Waals surface area contributed by atoms with E-state index in [9.17, 15) is 24.6 Å². The van der Waals surface area contributed by atoms with Crippen molar-refractivity contribution in [3.05, 3.63) is 125 Å². The lowest BCUT2D eigenvalue weighted by molar-refractivity contribution is -0.268. The fourth-order valence-corrected chi connectivity index (χ4v) is 6.82. The summed E-state index contributed by atoms with van der Waals surface area (Å²) in [5, 5.41) is 22.1. The van der Waals surface area contributed by atoms with E-state index in [4.69, 9.17) is 14.2 Å². The molecule has 1 aliphatic heterocycles. The van der Waals surface area contributed by atoms with Crippen molar-refractivity contribution >= 4 is 29.6 Å². The number of carbonyl (C=O) groups is 3. The number of hydrogen-bond acceptors (Lipinski definition) is 8. The number of carbonyl (C=O) groups excluding carboxylic acids is 2. The molecule has 5 rings (SSSR count). The first kappa shape index (κ1) is 34.8. The van der Waals surface area contributed by atoms with E-state index in [1.807, 2.05) is 84.9 Å². The van der Waals surface area contributed by atoms with Crippen molar-refractivity contribution in [2.24, 2.45) is 5.92 Å². The number of hydrogen-bond donors (Lipinski definition) is 3. The minimum Gasteiger partial charge on any atom is -0.478 e. The van der Waals surface area contributed by atoms with Gasteiger partial charge in [0.15, 0.2) is 12.4 Å². The number of thioether (sulfide) groups is 1. The Labute approximate surface area is 284 Å². The van der Waals surface area contributed by atoms with E-state index < -0.39 is 24.3 Å². The fraction of sp³-hybridized carbons (Fsp3) is 0.289. The molecule has 4 aromatic rings. The van der Waals surface area contributed by atoms with Crippen LogP contribution in [0.5, 0.6) is 0 Å². The Morgan fingerprint density at radius 2 is 1.58 bits per heavy atom. The molecular formula is C38H39NO8S. The minimum atomic E-state index is -0.974. The zero-order valence-electron chi connectivity index (χ0n) is 27.0. The first-order chi connectivity index (χ1) is 23.1. The van der Waals surface area contributed by atoms with Crippen LogP contribution in [0, 0.1) is 5.92 Å². The monoisotopic (exact) mass is 669 g/mol. The van der Waals surface area contributed by atoms with Crippen LogP contribution in [0.25, 0.3) is 11.1 Å². The maximum Gasteiger partial charge on any atom is 0.336 e. The number of rotatable bonds is 12. The van der Waals surface area contributed by atoms with Gasteiger partial charge in [-0.1, -0.05) is 79.7 Å². The number of aromatic carboxylic acids is 1. The number of nitrogens with one attached hydrogen (secondary N) is 1. The highest BCUT2D eigenvalue weighted by atomic mass is 32.2. The van der Waals surface area contributed by atoms with Gasteiger partial charge in [0.05, 0.1) is 24.4 Å². The summed E-state index contributed by atoms with van der Waals surface area (Å²) in [5.41, 5.74) is 5.60. The molecule has 250 valence electrons. The summed E-state index contributed by atoms with van der Waals surface area (Å²) >= 11 is 1.45. The number of benzene rings is 4. The van der Waals surface area contributed by atoms with Gasteiger partial charge in [-0.25, -0.2) is 4.79 Å². The van der Waals surface area contributed by atoms with Gasteiger partial charge in [-0.05, 0) is 59.0 Å².